The summed E-state index contributed by atoms with van der Waals surface area (Å²) in [5.74, 6) is -0.327. The molecule has 0 fully saturated rings. The molecule has 0 unspecified atom stereocenters. The zero-order valence-electron chi connectivity index (χ0n) is 10.6. The second-order valence-electron chi connectivity index (χ2n) is 4.25. The third kappa shape index (κ3) is 3.17. The van der Waals surface area contributed by atoms with Gasteiger partial charge >= 0.3 is 6.36 Å². The van der Waals surface area contributed by atoms with Crippen molar-refractivity contribution in [2.45, 2.75) is 13.3 Å². The van der Waals surface area contributed by atoms with Crippen LogP contribution in [0.4, 0.5) is 13.2 Å². The number of para-hydroxylation sites is 1. The Hall–Kier alpha value is -2.30. The summed E-state index contributed by atoms with van der Waals surface area (Å²) in [4.78, 5) is 11.1. The number of carbonyl (C=O) groups excluding carboxylic acids is 1. The minimum atomic E-state index is -4.78. The standard InChI is InChI=1S/C15H11F3O2/c1-10-6-7-12(11(8-10)9-19)13-4-2-3-5-14(13)20-15(16,17)18/h2-9H,1H3. The number of benzene rings is 2. The number of alkyl halides is 3. The molecule has 5 heteroatoms. The molecule has 0 aliphatic carbocycles. The highest BCUT2D eigenvalue weighted by atomic mass is 19.4. The van der Waals surface area contributed by atoms with Crippen LogP contribution >= 0.6 is 0 Å². The molecule has 0 atom stereocenters. The lowest BCUT2D eigenvalue weighted by Crippen LogP contribution is -2.17. The van der Waals surface area contributed by atoms with Crippen molar-refractivity contribution in [1.29, 1.82) is 0 Å². The Labute approximate surface area is 113 Å². The summed E-state index contributed by atoms with van der Waals surface area (Å²) in [5, 5.41) is 0. The molecule has 2 nitrogen and oxygen atoms in total. The summed E-state index contributed by atoms with van der Waals surface area (Å²) >= 11 is 0. The van der Waals surface area contributed by atoms with Crippen LogP contribution in [0.15, 0.2) is 42.5 Å². The molecule has 0 aliphatic rings. The van der Waals surface area contributed by atoms with Gasteiger partial charge in [0.2, 0.25) is 0 Å². The number of carbonyl (C=O) groups is 1. The molecule has 2 rings (SSSR count). The molecular weight excluding hydrogens is 269 g/mol. The molecule has 20 heavy (non-hydrogen) atoms. The van der Waals surface area contributed by atoms with Crippen molar-refractivity contribution in [3.05, 3.63) is 53.6 Å². The number of aldehydes is 1. The van der Waals surface area contributed by atoms with Crippen molar-refractivity contribution in [2.24, 2.45) is 0 Å². The first-order valence-corrected chi connectivity index (χ1v) is 5.81. The third-order valence-corrected chi connectivity index (χ3v) is 2.74. The van der Waals surface area contributed by atoms with Gasteiger partial charge in [0.25, 0.3) is 0 Å². The molecule has 0 aromatic heterocycles. The Bertz CT molecular complexity index is 633. The summed E-state index contributed by atoms with van der Waals surface area (Å²) in [6.07, 6.45) is -4.16. The van der Waals surface area contributed by atoms with Crippen LogP contribution in [0.5, 0.6) is 5.75 Å². The lowest BCUT2D eigenvalue weighted by molar-refractivity contribution is -0.274. The van der Waals surface area contributed by atoms with Crippen LogP contribution < -0.4 is 4.74 Å². The highest BCUT2D eigenvalue weighted by Crippen LogP contribution is 2.35. The quantitative estimate of drug-likeness (QED) is 0.780. The van der Waals surface area contributed by atoms with Gasteiger partial charge in [0.05, 0.1) is 0 Å². The van der Waals surface area contributed by atoms with Crippen LogP contribution in [-0.4, -0.2) is 12.6 Å². The van der Waals surface area contributed by atoms with E-state index in [2.05, 4.69) is 4.74 Å². The SMILES string of the molecule is Cc1ccc(-c2ccccc2OC(F)(F)F)c(C=O)c1. The first-order valence-electron chi connectivity index (χ1n) is 5.81. The molecule has 0 amide bonds. The second kappa shape index (κ2) is 5.36. The lowest BCUT2D eigenvalue weighted by atomic mass is 9.98. The number of hydrogen-bond acceptors (Lipinski definition) is 2. The summed E-state index contributed by atoms with van der Waals surface area (Å²) in [6.45, 7) is 1.80. The van der Waals surface area contributed by atoms with E-state index in [0.717, 1.165) is 5.56 Å². The normalized spacial score (nSPS) is 11.2. The molecule has 0 aliphatic heterocycles. The van der Waals surface area contributed by atoms with Crippen molar-refractivity contribution in [3.8, 4) is 16.9 Å². The van der Waals surface area contributed by atoms with Crippen molar-refractivity contribution in [1.82, 2.24) is 0 Å². The van der Waals surface area contributed by atoms with Gasteiger partial charge in [-0.05, 0) is 24.6 Å². The molecule has 104 valence electrons. The maximum Gasteiger partial charge on any atom is 0.573 e. The predicted molar refractivity (Wildman–Crippen MR) is 68.7 cm³/mol. The van der Waals surface area contributed by atoms with Gasteiger partial charge in [0, 0.05) is 11.1 Å². The number of hydrogen-bond donors (Lipinski definition) is 0. The molecule has 0 heterocycles. The van der Waals surface area contributed by atoms with Gasteiger partial charge in [-0.3, -0.25) is 4.79 Å². The van der Waals surface area contributed by atoms with E-state index in [0.29, 0.717) is 17.4 Å². The Balaban J connectivity index is 2.56. The van der Waals surface area contributed by atoms with Crippen molar-refractivity contribution < 1.29 is 22.7 Å². The number of halogens is 3. The maximum absolute atomic E-state index is 12.4. The molecule has 0 radical (unpaired) electrons. The van der Waals surface area contributed by atoms with Crippen LogP contribution in [0.3, 0.4) is 0 Å². The smallest absolute Gasteiger partial charge is 0.405 e. The first-order chi connectivity index (χ1) is 9.40. The van der Waals surface area contributed by atoms with Crippen molar-refractivity contribution >= 4 is 6.29 Å². The molecule has 2 aromatic carbocycles. The average molecular weight is 280 g/mol. The van der Waals surface area contributed by atoms with Gasteiger partial charge in [-0.2, -0.15) is 0 Å². The fourth-order valence-corrected chi connectivity index (χ4v) is 1.93. The molecule has 0 saturated carbocycles. The van der Waals surface area contributed by atoms with E-state index >= 15 is 0 Å². The van der Waals surface area contributed by atoms with E-state index in [-0.39, 0.29) is 11.3 Å². The number of ether oxygens (including phenoxy) is 1. The second-order valence-corrected chi connectivity index (χ2v) is 4.25. The molecule has 0 bridgehead atoms. The molecule has 2 aromatic rings. The Kier molecular flexibility index (Phi) is 3.79. The number of rotatable bonds is 3. The topological polar surface area (TPSA) is 26.3 Å². The van der Waals surface area contributed by atoms with Gasteiger partial charge < -0.3 is 4.74 Å². The van der Waals surface area contributed by atoms with Gasteiger partial charge in [-0.1, -0.05) is 35.9 Å². The lowest BCUT2D eigenvalue weighted by Gasteiger charge is -2.14. The van der Waals surface area contributed by atoms with Crippen LogP contribution in [-0.2, 0) is 0 Å². The van der Waals surface area contributed by atoms with Crippen LogP contribution in [0.25, 0.3) is 11.1 Å². The highest BCUT2D eigenvalue weighted by Gasteiger charge is 2.32. The zero-order chi connectivity index (χ0) is 14.8. The summed E-state index contributed by atoms with van der Waals surface area (Å²) < 4.78 is 41.2. The van der Waals surface area contributed by atoms with Crippen molar-refractivity contribution in [3.63, 3.8) is 0 Å². The minimum absolute atomic E-state index is 0.229. The van der Waals surface area contributed by atoms with E-state index in [4.69, 9.17) is 0 Å². The fourth-order valence-electron chi connectivity index (χ4n) is 1.93. The molecule has 0 saturated heterocycles. The highest BCUT2D eigenvalue weighted by molar-refractivity contribution is 5.89. The Morgan fingerprint density at radius 2 is 1.75 bits per heavy atom. The van der Waals surface area contributed by atoms with E-state index in [1.165, 1.54) is 18.2 Å². The van der Waals surface area contributed by atoms with Crippen LogP contribution in [0.1, 0.15) is 15.9 Å². The third-order valence-electron chi connectivity index (χ3n) is 2.74. The van der Waals surface area contributed by atoms with Crippen LogP contribution in [0.2, 0.25) is 0 Å². The van der Waals surface area contributed by atoms with Crippen molar-refractivity contribution in [2.75, 3.05) is 0 Å². The van der Waals surface area contributed by atoms with Gasteiger partial charge in [-0.25, -0.2) is 0 Å². The van der Waals surface area contributed by atoms with E-state index in [9.17, 15) is 18.0 Å². The first kappa shape index (κ1) is 14.1. The molecule has 0 spiro atoms. The van der Waals surface area contributed by atoms with Gasteiger partial charge in [0.15, 0.2) is 6.29 Å². The maximum atomic E-state index is 12.4. The number of aryl methyl sites for hydroxylation is 1. The Morgan fingerprint density at radius 1 is 1.05 bits per heavy atom. The van der Waals surface area contributed by atoms with E-state index < -0.39 is 6.36 Å². The summed E-state index contributed by atoms with van der Waals surface area (Å²) in [6, 6.07) is 10.7. The molecule has 0 N–H and O–H groups in total. The minimum Gasteiger partial charge on any atom is -0.405 e. The summed E-state index contributed by atoms with van der Waals surface area (Å²) in [7, 11) is 0. The largest absolute Gasteiger partial charge is 0.573 e. The van der Waals surface area contributed by atoms with Crippen LogP contribution in [0, 0.1) is 6.92 Å². The van der Waals surface area contributed by atoms with Gasteiger partial charge in [-0.15, -0.1) is 13.2 Å². The predicted octanol–water partition coefficient (Wildman–Crippen LogP) is 4.37. The molecular formula is C15H11F3O2. The zero-order valence-corrected chi connectivity index (χ0v) is 10.6. The fraction of sp³-hybridized carbons (Fsp3) is 0.133. The van der Waals surface area contributed by atoms with E-state index in [1.54, 1.807) is 31.2 Å². The average Bonchev–Trinajstić information content (AvgIpc) is 2.38. The van der Waals surface area contributed by atoms with Gasteiger partial charge in [0.1, 0.15) is 5.75 Å². The monoisotopic (exact) mass is 280 g/mol. The summed E-state index contributed by atoms with van der Waals surface area (Å²) in [5.41, 5.74) is 1.81. The van der Waals surface area contributed by atoms with E-state index in [1.807, 2.05) is 0 Å². The Morgan fingerprint density at radius 3 is 2.40 bits per heavy atom.